The smallest absolute Gasteiger partial charge is 0.219 e. The van der Waals surface area contributed by atoms with E-state index < -0.39 is 15.3 Å². The first-order valence-electron chi connectivity index (χ1n) is 8.65. The molecule has 1 aliphatic heterocycles. The molecule has 1 aromatic carbocycles. The van der Waals surface area contributed by atoms with Crippen molar-refractivity contribution in [1.29, 1.82) is 0 Å². The van der Waals surface area contributed by atoms with Crippen molar-refractivity contribution in [2.75, 3.05) is 13.7 Å². The maximum absolute atomic E-state index is 12.8. The standard InChI is InChI=1S/C19H26N2O4S/c1-19(2,3)15-9-7-14(8-10-15)18-17(13-25-21(18)4)26(22,23)20-12-16-6-5-11-24-16/h5-11,17-18,20H,12-13H2,1-4H3. The van der Waals surface area contributed by atoms with Crippen LogP contribution in [0.2, 0.25) is 0 Å². The van der Waals surface area contributed by atoms with Crippen LogP contribution in [-0.2, 0) is 26.8 Å². The van der Waals surface area contributed by atoms with E-state index >= 15 is 0 Å². The van der Waals surface area contributed by atoms with E-state index in [0.717, 1.165) is 5.56 Å². The SMILES string of the molecule is CN1OCC(S(=O)(=O)NCc2ccco2)C1c1ccc(C(C)(C)C)cc1. The van der Waals surface area contributed by atoms with Gasteiger partial charge in [0.25, 0.3) is 0 Å². The van der Waals surface area contributed by atoms with Gasteiger partial charge in [0.2, 0.25) is 10.0 Å². The summed E-state index contributed by atoms with van der Waals surface area (Å²) >= 11 is 0. The Hall–Kier alpha value is -1.67. The minimum atomic E-state index is -3.58. The third-order valence-corrected chi connectivity index (χ3v) is 6.47. The van der Waals surface area contributed by atoms with Crippen LogP contribution in [0.1, 0.15) is 43.7 Å². The zero-order chi connectivity index (χ0) is 18.9. The Labute approximate surface area is 155 Å². The third kappa shape index (κ3) is 4.01. The molecule has 1 aliphatic rings. The van der Waals surface area contributed by atoms with Gasteiger partial charge in [-0.2, -0.15) is 5.06 Å². The van der Waals surface area contributed by atoms with Crippen LogP contribution in [-0.4, -0.2) is 32.4 Å². The summed E-state index contributed by atoms with van der Waals surface area (Å²) in [5, 5.41) is 0.936. The molecule has 0 spiro atoms. The van der Waals surface area contributed by atoms with Crippen molar-refractivity contribution in [3.8, 4) is 0 Å². The van der Waals surface area contributed by atoms with Gasteiger partial charge in [0, 0.05) is 7.05 Å². The van der Waals surface area contributed by atoms with E-state index in [1.807, 2.05) is 12.1 Å². The number of rotatable bonds is 5. The molecule has 6 nitrogen and oxygen atoms in total. The topological polar surface area (TPSA) is 71.8 Å². The Kier molecular flexibility index (Phi) is 5.25. The molecule has 1 aromatic heterocycles. The van der Waals surface area contributed by atoms with Crippen LogP contribution in [0.5, 0.6) is 0 Å². The number of hydrogen-bond acceptors (Lipinski definition) is 5. The van der Waals surface area contributed by atoms with Crippen molar-refractivity contribution in [3.63, 3.8) is 0 Å². The summed E-state index contributed by atoms with van der Waals surface area (Å²) < 4.78 is 33.5. The Morgan fingerprint density at radius 3 is 2.46 bits per heavy atom. The molecule has 0 aliphatic carbocycles. The summed E-state index contributed by atoms with van der Waals surface area (Å²) in [5.41, 5.74) is 2.18. The first kappa shape index (κ1) is 19.1. The van der Waals surface area contributed by atoms with Gasteiger partial charge in [0.05, 0.1) is 25.5 Å². The predicted molar refractivity (Wildman–Crippen MR) is 99.9 cm³/mol. The van der Waals surface area contributed by atoms with Crippen molar-refractivity contribution in [3.05, 3.63) is 59.5 Å². The lowest BCUT2D eigenvalue weighted by molar-refractivity contribution is -0.110. The second-order valence-corrected chi connectivity index (χ2v) is 9.63. The molecular weight excluding hydrogens is 352 g/mol. The summed E-state index contributed by atoms with van der Waals surface area (Å²) in [6.07, 6.45) is 1.52. The monoisotopic (exact) mass is 378 g/mol. The van der Waals surface area contributed by atoms with E-state index in [1.54, 1.807) is 24.2 Å². The van der Waals surface area contributed by atoms with Crippen LogP contribution in [0.4, 0.5) is 0 Å². The van der Waals surface area contributed by atoms with Gasteiger partial charge in [-0.1, -0.05) is 45.0 Å². The van der Waals surface area contributed by atoms with E-state index in [2.05, 4.69) is 37.6 Å². The number of nitrogens with zero attached hydrogens (tertiary/aromatic N) is 1. The van der Waals surface area contributed by atoms with Crippen molar-refractivity contribution in [2.45, 2.75) is 44.0 Å². The summed E-state index contributed by atoms with van der Waals surface area (Å²) in [7, 11) is -1.81. The Bertz CT molecular complexity index is 823. The fraction of sp³-hybridized carbons (Fsp3) is 0.474. The van der Waals surface area contributed by atoms with E-state index in [4.69, 9.17) is 9.25 Å². The molecule has 1 N–H and O–H groups in total. The van der Waals surface area contributed by atoms with Gasteiger partial charge in [-0.05, 0) is 28.7 Å². The summed E-state index contributed by atoms with van der Waals surface area (Å²) in [4.78, 5) is 5.54. The zero-order valence-corrected chi connectivity index (χ0v) is 16.4. The van der Waals surface area contributed by atoms with Gasteiger partial charge in [-0.15, -0.1) is 0 Å². The Morgan fingerprint density at radius 2 is 1.88 bits per heavy atom. The number of hydrogen-bond donors (Lipinski definition) is 1. The van der Waals surface area contributed by atoms with Gasteiger partial charge in [0.1, 0.15) is 11.0 Å². The molecule has 2 aromatic rings. The molecular formula is C19H26N2O4S. The molecule has 142 valence electrons. The molecule has 3 rings (SSSR count). The van der Waals surface area contributed by atoms with Crippen LogP contribution in [0.25, 0.3) is 0 Å². The zero-order valence-electron chi connectivity index (χ0n) is 15.6. The lowest BCUT2D eigenvalue weighted by Crippen LogP contribution is -2.39. The fourth-order valence-corrected chi connectivity index (χ4v) is 4.62. The number of hydroxylamine groups is 2. The molecule has 2 unspecified atom stereocenters. The van der Waals surface area contributed by atoms with Crippen molar-refractivity contribution in [2.24, 2.45) is 0 Å². The average Bonchev–Trinajstić information content (AvgIpc) is 3.22. The quantitative estimate of drug-likeness (QED) is 0.866. The number of benzene rings is 1. The third-order valence-electron chi connectivity index (χ3n) is 4.73. The van der Waals surface area contributed by atoms with Crippen molar-refractivity contribution in [1.82, 2.24) is 9.79 Å². The second kappa shape index (κ2) is 7.15. The number of nitrogens with one attached hydrogen (secondary N) is 1. The van der Waals surface area contributed by atoms with Crippen LogP contribution in [0, 0.1) is 0 Å². The van der Waals surface area contributed by atoms with Crippen molar-refractivity contribution < 1.29 is 17.7 Å². The second-order valence-electron chi connectivity index (χ2n) is 7.64. The average molecular weight is 378 g/mol. The minimum Gasteiger partial charge on any atom is -0.468 e. The van der Waals surface area contributed by atoms with Crippen LogP contribution in [0.3, 0.4) is 0 Å². The van der Waals surface area contributed by atoms with Gasteiger partial charge in [-0.3, -0.25) is 4.84 Å². The predicted octanol–water partition coefficient (Wildman–Crippen LogP) is 2.98. The molecule has 0 amide bonds. The van der Waals surface area contributed by atoms with E-state index in [0.29, 0.717) is 5.76 Å². The molecule has 0 saturated carbocycles. The van der Waals surface area contributed by atoms with Crippen LogP contribution >= 0.6 is 0 Å². The summed E-state index contributed by atoms with van der Waals surface area (Å²) in [5.74, 6) is 0.576. The molecule has 0 bridgehead atoms. The van der Waals surface area contributed by atoms with E-state index in [-0.39, 0.29) is 24.6 Å². The van der Waals surface area contributed by atoms with Gasteiger partial charge in [-0.25, -0.2) is 13.1 Å². The van der Waals surface area contributed by atoms with Crippen LogP contribution < -0.4 is 4.72 Å². The molecule has 1 fully saturated rings. The molecule has 0 radical (unpaired) electrons. The molecule has 2 atom stereocenters. The van der Waals surface area contributed by atoms with Gasteiger partial charge < -0.3 is 4.42 Å². The van der Waals surface area contributed by atoms with E-state index in [1.165, 1.54) is 11.8 Å². The normalized spacial score (nSPS) is 22.0. The highest BCUT2D eigenvalue weighted by molar-refractivity contribution is 7.90. The van der Waals surface area contributed by atoms with Gasteiger partial charge >= 0.3 is 0 Å². The lowest BCUT2D eigenvalue weighted by Gasteiger charge is -2.25. The Morgan fingerprint density at radius 1 is 1.19 bits per heavy atom. The number of furan rings is 1. The summed E-state index contributed by atoms with van der Waals surface area (Å²) in [6, 6.07) is 11.2. The largest absolute Gasteiger partial charge is 0.468 e. The Balaban J connectivity index is 1.80. The van der Waals surface area contributed by atoms with Crippen LogP contribution in [0.15, 0.2) is 47.1 Å². The van der Waals surface area contributed by atoms with E-state index in [9.17, 15) is 8.42 Å². The van der Waals surface area contributed by atoms with Crippen molar-refractivity contribution >= 4 is 10.0 Å². The number of sulfonamides is 1. The first-order valence-corrected chi connectivity index (χ1v) is 10.2. The highest BCUT2D eigenvalue weighted by Gasteiger charge is 2.43. The maximum atomic E-state index is 12.8. The lowest BCUT2D eigenvalue weighted by atomic mass is 9.86. The maximum Gasteiger partial charge on any atom is 0.219 e. The molecule has 7 heteroatoms. The highest BCUT2D eigenvalue weighted by Crippen LogP contribution is 2.34. The summed E-state index contributed by atoms with van der Waals surface area (Å²) in [6.45, 7) is 6.71. The molecule has 26 heavy (non-hydrogen) atoms. The first-order chi connectivity index (χ1) is 12.2. The minimum absolute atomic E-state index is 0.0483. The van der Waals surface area contributed by atoms with Gasteiger partial charge in [0.15, 0.2) is 0 Å². The highest BCUT2D eigenvalue weighted by atomic mass is 32.2. The fourth-order valence-electron chi connectivity index (χ4n) is 3.15. The molecule has 1 saturated heterocycles. The molecule has 2 heterocycles.